The van der Waals surface area contributed by atoms with Gasteiger partial charge in [-0.3, -0.25) is 9.48 Å². The fraction of sp³-hybridized carbons (Fsp3) is 0.200. The maximum absolute atomic E-state index is 13.1. The number of nitrogens with one attached hydrogen (secondary N) is 1. The number of fused-ring (bicyclic) bond motifs is 1. The Morgan fingerprint density at radius 3 is 2.52 bits per heavy atom. The lowest BCUT2D eigenvalue weighted by Crippen LogP contribution is -2.18. The van der Waals surface area contributed by atoms with Crippen LogP contribution in [0.25, 0.3) is 22.2 Å². The summed E-state index contributed by atoms with van der Waals surface area (Å²) in [5, 5.41) is 9.35. The first kappa shape index (κ1) is 20.5. The molecule has 0 unspecified atom stereocenters. The van der Waals surface area contributed by atoms with Gasteiger partial charge >= 0.3 is 0 Å². The van der Waals surface area contributed by atoms with E-state index < -0.39 is 0 Å². The van der Waals surface area contributed by atoms with Crippen LogP contribution >= 0.6 is 0 Å². The van der Waals surface area contributed by atoms with Crippen LogP contribution in [0.2, 0.25) is 0 Å². The van der Waals surface area contributed by atoms with Crippen molar-refractivity contribution in [3.05, 3.63) is 82.2 Å². The zero-order valence-electron chi connectivity index (χ0n) is 18.4. The normalized spacial score (nSPS) is 11.4. The van der Waals surface area contributed by atoms with Crippen molar-refractivity contribution >= 4 is 23.0 Å². The van der Waals surface area contributed by atoms with Crippen LogP contribution in [0.3, 0.4) is 0 Å². The summed E-state index contributed by atoms with van der Waals surface area (Å²) >= 11 is 0. The Labute approximate surface area is 181 Å². The van der Waals surface area contributed by atoms with Gasteiger partial charge < -0.3 is 0 Å². The van der Waals surface area contributed by atoms with E-state index in [-0.39, 0.29) is 5.91 Å². The third kappa shape index (κ3) is 3.97. The Bertz CT molecular complexity index is 1330. The number of aryl methyl sites for hydroxylation is 4. The van der Waals surface area contributed by atoms with E-state index in [0.717, 1.165) is 39.1 Å². The van der Waals surface area contributed by atoms with Gasteiger partial charge in [-0.05, 0) is 57.0 Å². The predicted molar refractivity (Wildman–Crippen MR) is 124 cm³/mol. The molecule has 0 saturated heterocycles. The average Bonchev–Trinajstić information content (AvgIpc) is 3.00. The first-order valence-corrected chi connectivity index (χ1v) is 10.2. The number of hydrogen-bond donors (Lipinski definition) is 1. The van der Waals surface area contributed by atoms with Crippen LogP contribution < -0.4 is 5.43 Å². The third-order valence-electron chi connectivity index (χ3n) is 5.69. The van der Waals surface area contributed by atoms with E-state index in [2.05, 4.69) is 41.6 Å². The van der Waals surface area contributed by atoms with Gasteiger partial charge in [0.2, 0.25) is 0 Å². The topological polar surface area (TPSA) is 72.2 Å². The largest absolute Gasteiger partial charge is 0.272 e. The van der Waals surface area contributed by atoms with Crippen molar-refractivity contribution in [3.8, 4) is 11.3 Å². The Morgan fingerprint density at radius 2 is 1.81 bits per heavy atom. The van der Waals surface area contributed by atoms with Crippen molar-refractivity contribution in [1.82, 2.24) is 20.2 Å². The number of nitrogens with zero attached hydrogens (tertiary/aromatic N) is 4. The van der Waals surface area contributed by atoms with Crippen LogP contribution in [-0.4, -0.2) is 26.9 Å². The van der Waals surface area contributed by atoms with Gasteiger partial charge in [-0.1, -0.05) is 30.3 Å². The Hall–Kier alpha value is -3.80. The summed E-state index contributed by atoms with van der Waals surface area (Å²) in [6, 6.07) is 15.7. The number of hydrazone groups is 1. The van der Waals surface area contributed by atoms with E-state index in [1.165, 1.54) is 11.1 Å². The summed E-state index contributed by atoms with van der Waals surface area (Å²) in [6.45, 7) is 8.04. The lowest BCUT2D eigenvalue weighted by Gasteiger charge is -2.10. The fourth-order valence-corrected chi connectivity index (χ4v) is 3.60. The standard InChI is InChI=1S/C25H25N5O/c1-15-10-11-19(12-16(15)2)24-13-21(20-8-6-7-9-23(20)27-24)25(31)28-26-14-22-17(3)29-30(5)18(22)4/h6-14H,1-5H3,(H,28,31)/b26-14-. The minimum atomic E-state index is -0.279. The first-order chi connectivity index (χ1) is 14.8. The van der Waals surface area contributed by atoms with E-state index in [4.69, 9.17) is 4.98 Å². The number of benzene rings is 2. The predicted octanol–water partition coefficient (Wildman–Crippen LogP) is 4.63. The monoisotopic (exact) mass is 411 g/mol. The molecule has 0 aliphatic heterocycles. The molecule has 0 saturated carbocycles. The van der Waals surface area contributed by atoms with Crippen LogP contribution in [0.5, 0.6) is 0 Å². The number of aromatic nitrogens is 3. The van der Waals surface area contributed by atoms with Crippen molar-refractivity contribution in [2.45, 2.75) is 27.7 Å². The molecule has 0 radical (unpaired) electrons. The number of carbonyl (C=O) groups excluding carboxylic acids is 1. The SMILES string of the molecule is Cc1ccc(-c2cc(C(=O)N/N=C\c3c(C)nn(C)c3C)c3ccccc3n2)cc1C. The summed E-state index contributed by atoms with van der Waals surface area (Å²) in [4.78, 5) is 17.8. The molecule has 1 amide bonds. The van der Waals surface area contributed by atoms with Gasteiger partial charge in [-0.15, -0.1) is 0 Å². The van der Waals surface area contributed by atoms with Crippen LogP contribution in [0, 0.1) is 27.7 Å². The molecule has 0 aliphatic carbocycles. The molecule has 4 aromatic rings. The maximum Gasteiger partial charge on any atom is 0.272 e. The molecule has 31 heavy (non-hydrogen) atoms. The van der Waals surface area contributed by atoms with Gasteiger partial charge in [-0.2, -0.15) is 10.2 Å². The van der Waals surface area contributed by atoms with Crippen molar-refractivity contribution in [2.24, 2.45) is 12.1 Å². The zero-order chi connectivity index (χ0) is 22.1. The fourth-order valence-electron chi connectivity index (χ4n) is 3.60. The quantitative estimate of drug-likeness (QED) is 0.393. The highest BCUT2D eigenvalue weighted by molar-refractivity contribution is 6.07. The van der Waals surface area contributed by atoms with Crippen molar-refractivity contribution in [2.75, 3.05) is 0 Å². The summed E-state index contributed by atoms with van der Waals surface area (Å²) in [7, 11) is 1.88. The number of amides is 1. The molecule has 1 N–H and O–H groups in total. The molecule has 4 rings (SSSR count). The number of hydrogen-bond acceptors (Lipinski definition) is 4. The third-order valence-corrected chi connectivity index (χ3v) is 5.69. The Balaban J connectivity index is 1.71. The van der Waals surface area contributed by atoms with Gasteiger partial charge in [0.15, 0.2) is 0 Å². The minimum absolute atomic E-state index is 0.279. The van der Waals surface area contributed by atoms with E-state index in [9.17, 15) is 4.79 Å². The van der Waals surface area contributed by atoms with Gasteiger partial charge in [0.05, 0.1) is 28.7 Å². The van der Waals surface area contributed by atoms with Crippen LogP contribution in [-0.2, 0) is 7.05 Å². The molecule has 0 spiro atoms. The molecular weight excluding hydrogens is 386 g/mol. The lowest BCUT2D eigenvalue weighted by molar-refractivity contribution is 0.0956. The number of carbonyl (C=O) groups is 1. The van der Waals surface area contributed by atoms with Gasteiger partial charge in [0.25, 0.3) is 5.91 Å². The summed E-state index contributed by atoms with van der Waals surface area (Å²) in [6.07, 6.45) is 1.64. The second-order valence-electron chi connectivity index (χ2n) is 7.78. The molecule has 156 valence electrons. The van der Waals surface area contributed by atoms with Gasteiger partial charge in [0, 0.05) is 29.3 Å². The Kier molecular flexibility index (Phi) is 5.38. The second kappa shape index (κ2) is 8.14. The summed E-state index contributed by atoms with van der Waals surface area (Å²) < 4.78 is 1.80. The summed E-state index contributed by atoms with van der Waals surface area (Å²) in [5.74, 6) is -0.279. The Morgan fingerprint density at radius 1 is 1.03 bits per heavy atom. The smallest absolute Gasteiger partial charge is 0.272 e. The van der Waals surface area contributed by atoms with E-state index >= 15 is 0 Å². The van der Waals surface area contributed by atoms with Crippen LogP contribution in [0.15, 0.2) is 53.6 Å². The highest BCUT2D eigenvalue weighted by Gasteiger charge is 2.14. The molecule has 2 heterocycles. The van der Waals surface area contributed by atoms with Gasteiger partial charge in [0.1, 0.15) is 0 Å². The molecule has 0 bridgehead atoms. The molecule has 2 aromatic heterocycles. The van der Waals surface area contributed by atoms with Crippen LogP contribution in [0.4, 0.5) is 0 Å². The van der Waals surface area contributed by atoms with E-state index in [0.29, 0.717) is 5.56 Å². The molecule has 0 atom stereocenters. The van der Waals surface area contributed by atoms with Crippen molar-refractivity contribution in [1.29, 1.82) is 0 Å². The zero-order valence-corrected chi connectivity index (χ0v) is 18.4. The number of para-hydroxylation sites is 1. The molecule has 6 heteroatoms. The van der Waals surface area contributed by atoms with Gasteiger partial charge in [-0.25, -0.2) is 10.4 Å². The molecular formula is C25H25N5O. The highest BCUT2D eigenvalue weighted by Crippen LogP contribution is 2.26. The first-order valence-electron chi connectivity index (χ1n) is 10.2. The van der Waals surface area contributed by atoms with Crippen molar-refractivity contribution in [3.63, 3.8) is 0 Å². The molecule has 6 nitrogen and oxygen atoms in total. The number of pyridine rings is 1. The molecule has 2 aromatic carbocycles. The molecule has 0 aliphatic rings. The highest BCUT2D eigenvalue weighted by atomic mass is 16.2. The number of rotatable bonds is 4. The minimum Gasteiger partial charge on any atom is -0.272 e. The summed E-state index contributed by atoms with van der Waals surface area (Å²) in [5.41, 5.74) is 10.9. The second-order valence-corrected chi connectivity index (χ2v) is 7.78. The van der Waals surface area contributed by atoms with E-state index in [1.54, 1.807) is 10.9 Å². The lowest BCUT2D eigenvalue weighted by atomic mass is 10.0. The average molecular weight is 412 g/mol. The van der Waals surface area contributed by atoms with Crippen molar-refractivity contribution < 1.29 is 4.79 Å². The van der Waals surface area contributed by atoms with E-state index in [1.807, 2.05) is 57.3 Å². The van der Waals surface area contributed by atoms with Crippen LogP contribution in [0.1, 0.15) is 38.4 Å². The molecule has 0 fully saturated rings. The maximum atomic E-state index is 13.1.